The molecule has 1 saturated heterocycles. The number of nitrogens with one attached hydrogen (secondary N) is 1. The number of hydrogen-bond donors (Lipinski definition) is 2. The fourth-order valence-electron chi connectivity index (χ4n) is 3.62. The van der Waals surface area contributed by atoms with E-state index < -0.39 is 11.5 Å². The lowest BCUT2D eigenvalue weighted by Crippen LogP contribution is -2.57. The number of nitrogens with zero attached hydrogens (tertiary/aromatic N) is 1. The van der Waals surface area contributed by atoms with Gasteiger partial charge in [-0.25, -0.2) is 0 Å². The molecule has 0 radical (unpaired) electrons. The monoisotopic (exact) mass is 359 g/mol. The lowest BCUT2D eigenvalue weighted by Gasteiger charge is -2.41. The second-order valence-corrected chi connectivity index (χ2v) is 6.78. The largest absolute Gasteiger partial charge is 0.382 e. The lowest BCUT2D eigenvalue weighted by molar-refractivity contribution is -0.166. The number of para-hydroxylation sites is 1. The van der Waals surface area contributed by atoms with Gasteiger partial charge in [0.15, 0.2) is 0 Å². The van der Waals surface area contributed by atoms with Gasteiger partial charge in [0.25, 0.3) is 0 Å². The standard InChI is InChI=1S/C19H25N3O4/c1-25-13-19(10-17(20)23)12-22(8-9-26-19)18(24)7-6-14-11-21-16-5-3-2-4-15(14)16/h2-5,11,21H,6-10,12-13H2,1H3,(H2,20,23)/t19-/m1/s1. The Bertz CT molecular complexity index is 784. The Morgan fingerprint density at radius 3 is 2.96 bits per heavy atom. The van der Waals surface area contributed by atoms with E-state index in [4.69, 9.17) is 15.2 Å². The van der Waals surface area contributed by atoms with E-state index in [0.717, 1.165) is 16.5 Å². The molecule has 2 amide bonds. The van der Waals surface area contributed by atoms with Crippen LogP contribution in [0.1, 0.15) is 18.4 Å². The Balaban J connectivity index is 1.64. The van der Waals surface area contributed by atoms with Gasteiger partial charge in [0, 0.05) is 37.2 Å². The van der Waals surface area contributed by atoms with Crippen molar-refractivity contribution >= 4 is 22.7 Å². The van der Waals surface area contributed by atoms with Crippen molar-refractivity contribution < 1.29 is 19.1 Å². The summed E-state index contributed by atoms with van der Waals surface area (Å²) in [5, 5.41) is 1.14. The first-order valence-corrected chi connectivity index (χ1v) is 8.77. The minimum atomic E-state index is -0.852. The molecule has 140 valence electrons. The number of ether oxygens (including phenoxy) is 2. The van der Waals surface area contributed by atoms with Crippen LogP contribution >= 0.6 is 0 Å². The summed E-state index contributed by atoms with van der Waals surface area (Å²) in [4.78, 5) is 29.1. The molecule has 0 saturated carbocycles. The van der Waals surface area contributed by atoms with Crippen molar-refractivity contribution in [2.75, 3.05) is 33.4 Å². The Morgan fingerprint density at radius 2 is 2.19 bits per heavy atom. The van der Waals surface area contributed by atoms with Crippen LogP contribution in [-0.2, 0) is 25.5 Å². The predicted molar refractivity (Wildman–Crippen MR) is 97.6 cm³/mol. The molecule has 7 nitrogen and oxygen atoms in total. The first-order valence-electron chi connectivity index (χ1n) is 8.77. The van der Waals surface area contributed by atoms with Gasteiger partial charge in [-0.3, -0.25) is 9.59 Å². The summed E-state index contributed by atoms with van der Waals surface area (Å²) in [7, 11) is 1.55. The fraction of sp³-hybridized carbons (Fsp3) is 0.474. The van der Waals surface area contributed by atoms with Crippen LogP contribution in [0.2, 0.25) is 0 Å². The van der Waals surface area contributed by atoms with Crippen LogP contribution in [0, 0.1) is 0 Å². The third kappa shape index (κ3) is 4.05. The molecule has 1 aliphatic heterocycles. The highest BCUT2D eigenvalue weighted by atomic mass is 16.5. The number of rotatable bonds is 7. The molecule has 1 aromatic carbocycles. The maximum Gasteiger partial charge on any atom is 0.223 e. The molecular weight excluding hydrogens is 334 g/mol. The van der Waals surface area contributed by atoms with Gasteiger partial charge >= 0.3 is 0 Å². The van der Waals surface area contributed by atoms with Crippen LogP contribution in [-0.4, -0.2) is 60.7 Å². The van der Waals surface area contributed by atoms with Gasteiger partial charge in [-0.15, -0.1) is 0 Å². The molecule has 1 aliphatic rings. The SMILES string of the molecule is COC[C@@]1(CC(N)=O)CN(C(=O)CCc2c[nH]c3ccccc23)CCO1. The molecular formula is C19H25N3O4. The summed E-state index contributed by atoms with van der Waals surface area (Å²) in [6, 6.07) is 8.05. The molecule has 1 fully saturated rings. The number of primary amides is 1. The number of fused-ring (bicyclic) bond motifs is 1. The summed E-state index contributed by atoms with van der Waals surface area (Å²) >= 11 is 0. The first-order chi connectivity index (χ1) is 12.5. The molecule has 0 unspecified atom stereocenters. The Morgan fingerprint density at radius 1 is 1.38 bits per heavy atom. The molecule has 0 aliphatic carbocycles. The number of methoxy groups -OCH3 is 1. The first kappa shape index (κ1) is 18.4. The fourth-order valence-corrected chi connectivity index (χ4v) is 3.62. The number of aryl methyl sites for hydroxylation is 1. The second-order valence-electron chi connectivity index (χ2n) is 6.78. The number of carbonyl (C=O) groups is 2. The van der Waals surface area contributed by atoms with E-state index >= 15 is 0 Å². The van der Waals surface area contributed by atoms with Crippen LogP contribution in [0.25, 0.3) is 10.9 Å². The number of H-pyrrole nitrogens is 1. The van der Waals surface area contributed by atoms with Crippen molar-refractivity contribution in [1.29, 1.82) is 0 Å². The van der Waals surface area contributed by atoms with Crippen LogP contribution in [0.4, 0.5) is 0 Å². The maximum absolute atomic E-state index is 12.7. The molecule has 3 N–H and O–H groups in total. The summed E-state index contributed by atoms with van der Waals surface area (Å²) in [5.41, 5.74) is 6.70. The average molecular weight is 359 g/mol. The van der Waals surface area contributed by atoms with Crippen LogP contribution in [0.3, 0.4) is 0 Å². The van der Waals surface area contributed by atoms with E-state index in [2.05, 4.69) is 11.1 Å². The number of aromatic amines is 1. The van der Waals surface area contributed by atoms with Gasteiger partial charge in [0.1, 0.15) is 5.60 Å². The zero-order valence-electron chi connectivity index (χ0n) is 15.0. The van der Waals surface area contributed by atoms with E-state index in [0.29, 0.717) is 32.5 Å². The topological polar surface area (TPSA) is 97.6 Å². The van der Waals surface area contributed by atoms with Gasteiger partial charge in [0.05, 0.1) is 26.2 Å². The highest BCUT2D eigenvalue weighted by Crippen LogP contribution is 2.24. The van der Waals surface area contributed by atoms with E-state index in [1.807, 2.05) is 24.4 Å². The van der Waals surface area contributed by atoms with Crippen molar-refractivity contribution in [3.63, 3.8) is 0 Å². The second kappa shape index (κ2) is 7.88. The van der Waals surface area contributed by atoms with Crippen LogP contribution in [0.15, 0.2) is 30.5 Å². The number of amides is 2. The Kier molecular flexibility index (Phi) is 5.58. The van der Waals surface area contributed by atoms with E-state index in [1.54, 1.807) is 12.0 Å². The van der Waals surface area contributed by atoms with Crippen molar-refractivity contribution in [2.24, 2.45) is 5.73 Å². The zero-order chi connectivity index (χ0) is 18.6. The number of aromatic nitrogens is 1. The van der Waals surface area contributed by atoms with Gasteiger partial charge in [-0.1, -0.05) is 18.2 Å². The lowest BCUT2D eigenvalue weighted by atomic mass is 9.97. The Hall–Kier alpha value is -2.38. The summed E-state index contributed by atoms with van der Waals surface area (Å²) in [6.45, 7) is 1.42. The number of benzene rings is 1. The molecule has 0 bridgehead atoms. The van der Waals surface area contributed by atoms with Crippen molar-refractivity contribution in [3.05, 3.63) is 36.0 Å². The minimum absolute atomic E-state index is 0.0348. The third-order valence-corrected chi connectivity index (χ3v) is 4.79. The predicted octanol–water partition coefficient (Wildman–Crippen LogP) is 1.22. The molecule has 0 spiro atoms. The molecule has 26 heavy (non-hydrogen) atoms. The normalized spacial score (nSPS) is 20.4. The summed E-state index contributed by atoms with van der Waals surface area (Å²) in [5.74, 6) is -0.418. The maximum atomic E-state index is 12.7. The molecule has 7 heteroatoms. The highest BCUT2D eigenvalue weighted by molar-refractivity contribution is 5.84. The van der Waals surface area contributed by atoms with Crippen molar-refractivity contribution in [1.82, 2.24) is 9.88 Å². The summed E-state index contributed by atoms with van der Waals surface area (Å²) in [6.07, 6.45) is 3.06. The summed E-state index contributed by atoms with van der Waals surface area (Å²) < 4.78 is 11.0. The van der Waals surface area contributed by atoms with Crippen molar-refractivity contribution in [2.45, 2.75) is 24.9 Å². The average Bonchev–Trinajstić information content (AvgIpc) is 3.02. The Labute approximate surface area is 152 Å². The smallest absolute Gasteiger partial charge is 0.223 e. The van der Waals surface area contributed by atoms with E-state index in [9.17, 15) is 9.59 Å². The van der Waals surface area contributed by atoms with Gasteiger partial charge in [-0.05, 0) is 18.1 Å². The molecule has 3 rings (SSSR count). The van der Waals surface area contributed by atoms with E-state index in [1.165, 1.54) is 0 Å². The third-order valence-electron chi connectivity index (χ3n) is 4.79. The highest BCUT2D eigenvalue weighted by Gasteiger charge is 2.39. The van der Waals surface area contributed by atoms with Crippen molar-refractivity contribution in [3.8, 4) is 0 Å². The number of hydrogen-bond acceptors (Lipinski definition) is 4. The number of carbonyl (C=O) groups excluding carboxylic acids is 2. The number of morpholine rings is 1. The van der Waals surface area contributed by atoms with E-state index in [-0.39, 0.29) is 18.9 Å². The van der Waals surface area contributed by atoms with Crippen LogP contribution < -0.4 is 5.73 Å². The van der Waals surface area contributed by atoms with Gasteiger partial charge in [-0.2, -0.15) is 0 Å². The van der Waals surface area contributed by atoms with Crippen LogP contribution in [0.5, 0.6) is 0 Å². The molecule has 2 aromatic rings. The number of nitrogens with two attached hydrogens (primary N) is 1. The molecule has 1 atom stereocenters. The zero-order valence-corrected chi connectivity index (χ0v) is 15.0. The van der Waals surface area contributed by atoms with Gasteiger partial charge in [0.2, 0.25) is 11.8 Å². The quantitative estimate of drug-likeness (QED) is 0.777. The minimum Gasteiger partial charge on any atom is -0.382 e. The van der Waals surface area contributed by atoms with Gasteiger partial charge < -0.3 is 25.1 Å². The molecule has 2 heterocycles. The molecule has 1 aromatic heterocycles.